The molecule has 7 rings (SSSR count). The van der Waals surface area contributed by atoms with Crippen molar-refractivity contribution in [1.82, 2.24) is 30.4 Å². The van der Waals surface area contributed by atoms with E-state index in [1.54, 1.807) is 0 Å². The predicted octanol–water partition coefficient (Wildman–Crippen LogP) is 6.16. The molecule has 1 fully saturated rings. The van der Waals surface area contributed by atoms with Gasteiger partial charge in [0.15, 0.2) is 0 Å². The molecule has 0 bridgehead atoms. The lowest BCUT2D eigenvalue weighted by molar-refractivity contribution is -0.116. The maximum atomic E-state index is 12.8. The van der Waals surface area contributed by atoms with Gasteiger partial charge >= 0.3 is 0 Å². The highest BCUT2D eigenvalue weighted by Crippen LogP contribution is 2.43. The highest BCUT2D eigenvalue weighted by molar-refractivity contribution is 7.15. The van der Waals surface area contributed by atoms with Crippen LogP contribution in [0.25, 0.3) is 21.8 Å². The molecule has 0 spiro atoms. The van der Waals surface area contributed by atoms with E-state index < -0.39 is 0 Å². The summed E-state index contributed by atoms with van der Waals surface area (Å²) < 4.78 is 0. The lowest BCUT2D eigenvalue weighted by atomic mass is 9.82. The lowest BCUT2D eigenvalue weighted by Crippen LogP contribution is -2.14. The number of fused-ring (bicyclic) bond motifs is 2. The minimum absolute atomic E-state index is 0.110. The van der Waals surface area contributed by atoms with Crippen molar-refractivity contribution in [3.05, 3.63) is 82.1 Å². The number of carbonyl (C=O) groups excluding carboxylic acids is 2. The number of aromatic amines is 2. The molecule has 4 aromatic heterocycles. The number of H-pyrrole nitrogens is 2. The molecule has 42 heavy (non-hydrogen) atoms. The molecule has 1 aliphatic carbocycles. The van der Waals surface area contributed by atoms with Crippen LogP contribution in [0.4, 0.5) is 10.3 Å². The van der Waals surface area contributed by atoms with E-state index in [0.29, 0.717) is 10.3 Å². The van der Waals surface area contributed by atoms with E-state index in [-0.39, 0.29) is 36.5 Å². The van der Waals surface area contributed by atoms with Crippen molar-refractivity contribution in [2.45, 2.75) is 50.4 Å². The van der Waals surface area contributed by atoms with Gasteiger partial charge in [0.2, 0.25) is 22.1 Å². The first-order valence-electron chi connectivity index (χ1n) is 14.0. The molecule has 6 aromatic rings. The third-order valence-corrected chi connectivity index (χ3v) is 9.82. The van der Waals surface area contributed by atoms with Crippen molar-refractivity contribution in [3.8, 4) is 0 Å². The number of rotatable bonds is 8. The number of nitrogens with zero attached hydrogens (tertiary/aromatic N) is 4. The monoisotopic (exact) mass is 596 g/mol. The first kappa shape index (κ1) is 26.5. The van der Waals surface area contributed by atoms with Crippen LogP contribution in [0.5, 0.6) is 0 Å². The Kier molecular flexibility index (Phi) is 7.22. The molecule has 4 heterocycles. The van der Waals surface area contributed by atoms with Gasteiger partial charge < -0.3 is 20.6 Å². The van der Waals surface area contributed by atoms with E-state index in [2.05, 4.69) is 41.0 Å². The van der Waals surface area contributed by atoms with Crippen LogP contribution in [-0.4, -0.2) is 42.2 Å². The summed E-state index contributed by atoms with van der Waals surface area (Å²) in [4.78, 5) is 31.9. The van der Waals surface area contributed by atoms with Crippen LogP contribution in [0.2, 0.25) is 0 Å². The molecule has 2 unspecified atom stereocenters. The van der Waals surface area contributed by atoms with E-state index in [9.17, 15) is 9.59 Å². The minimum Gasteiger partial charge on any atom is -0.361 e. The van der Waals surface area contributed by atoms with Crippen LogP contribution in [-0.2, 0) is 22.4 Å². The molecule has 2 atom stereocenters. The molecule has 1 aliphatic rings. The van der Waals surface area contributed by atoms with Gasteiger partial charge in [-0.3, -0.25) is 9.59 Å². The van der Waals surface area contributed by atoms with Crippen molar-refractivity contribution < 1.29 is 9.59 Å². The molecular weight excluding hydrogens is 569 g/mol. The summed E-state index contributed by atoms with van der Waals surface area (Å²) in [6.07, 6.45) is 8.26. The Morgan fingerprint density at radius 3 is 1.71 bits per heavy atom. The number of hydrogen-bond acceptors (Lipinski definition) is 8. The van der Waals surface area contributed by atoms with Crippen LogP contribution < -0.4 is 10.6 Å². The predicted molar refractivity (Wildman–Crippen MR) is 165 cm³/mol. The van der Waals surface area contributed by atoms with E-state index in [1.165, 1.54) is 22.7 Å². The summed E-state index contributed by atoms with van der Waals surface area (Å²) in [6.45, 7) is 0. The molecule has 4 N–H and O–H groups in total. The Morgan fingerprint density at radius 2 is 1.21 bits per heavy atom. The SMILES string of the molecule is O=C(Cc1cccc2[nH]ccc12)Nc1nnc(C2CCCC(c3nnc(NC(=O)Cc4cccc5[nH]ccc45)s3)C2)s1. The van der Waals surface area contributed by atoms with Gasteiger partial charge in [0.1, 0.15) is 10.0 Å². The number of benzene rings is 2. The molecule has 0 radical (unpaired) electrons. The van der Waals surface area contributed by atoms with Gasteiger partial charge in [0.25, 0.3) is 0 Å². The van der Waals surface area contributed by atoms with E-state index in [0.717, 1.165) is 68.6 Å². The fraction of sp³-hybridized carbons (Fsp3) is 0.267. The van der Waals surface area contributed by atoms with Gasteiger partial charge in [0, 0.05) is 46.0 Å². The first-order chi connectivity index (χ1) is 20.6. The highest BCUT2D eigenvalue weighted by atomic mass is 32.1. The zero-order valence-electron chi connectivity index (χ0n) is 22.6. The third-order valence-electron chi connectivity index (χ3n) is 7.82. The molecule has 1 saturated carbocycles. The highest BCUT2D eigenvalue weighted by Gasteiger charge is 2.29. The molecule has 0 saturated heterocycles. The number of aromatic nitrogens is 6. The molecule has 2 amide bonds. The van der Waals surface area contributed by atoms with Crippen molar-refractivity contribution in [2.24, 2.45) is 0 Å². The maximum absolute atomic E-state index is 12.8. The maximum Gasteiger partial charge on any atom is 0.230 e. The molecule has 212 valence electrons. The van der Waals surface area contributed by atoms with Gasteiger partial charge in [-0.05, 0) is 54.7 Å². The molecule has 2 aromatic carbocycles. The summed E-state index contributed by atoms with van der Waals surface area (Å²) in [5.74, 6) is 0.260. The fourth-order valence-electron chi connectivity index (χ4n) is 5.82. The summed E-state index contributed by atoms with van der Waals surface area (Å²) >= 11 is 2.89. The minimum atomic E-state index is -0.110. The lowest BCUT2D eigenvalue weighted by Gasteiger charge is -2.25. The van der Waals surface area contributed by atoms with Gasteiger partial charge in [-0.15, -0.1) is 20.4 Å². The first-order valence-corrected chi connectivity index (χ1v) is 15.6. The Morgan fingerprint density at radius 1 is 0.714 bits per heavy atom. The normalized spacial score (nSPS) is 17.0. The van der Waals surface area contributed by atoms with Crippen molar-refractivity contribution in [1.29, 1.82) is 0 Å². The fourth-order valence-corrected chi connectivity index (χ4v) is 7.63. The van der Waals surface area contributed by atoms with E-state index in [4.69, 9.17) is 0 Å². The summed E-state index contributed by atoms with van der Waals surface area (Å²) in [5.41, 5.74) is 3.97. The number of carbonyl (C=O) groups is 2. The standard InChI is InChI=1S/C30H28N8O2S2/c39-25(15-17-4-2-8-23-21(17)10-12-31-23)33-29-37-35-27(41-29)19-6-1-7-20(14-19)28-36-38-30(42-28)34-26(40)16-18-5-3-9-24-22(18)11-13-32-24/h2-5,8-13,19-20,31-32H,1,6-7,14-16H2,(H,33,37,39)(H,34,38,40). The van der Waals surface area contributed by atoms with E-state index in [1.807, 2.05) is 60.9 Å². The molecule has 0 aliphatic heterocycles. The smallest absolute Gasteiger partial charge is 0.230 e. The zero-order valence-corrected chi connectivity index (χ0v) is 24.2. The topological polar surface area (TPSA) is 141 Å². The third kappa shape index (κ3) is 5.55. The van der Waals surface area contributed by atoms with Crippen molar-refractivity contribution >= 4 is 66.6 Å². The van der Waals surface area contributed by atoms with Gasteiger partial charge in [0.05, 0.1) is 12.8 Å². The van der Waals surface area contributed by atoms with Crippen LogP contribution in [0.3, 0.4) is 0 Å². The zero-order chi connectivity index (χ0) is 28.5. The van der Waals surface area contributed by atoms with Crippen LogP contribution in [0.15, 0.2) is 60.9 Å². The summed E-state index contributed by atoms with van der Waals surface area (Å²) in [6, 6.07) is 15.8. The number of anilines is 2. The van der Waals surface area contributed by atoms with Crippen molar-refractivity contribution in [2.75, 3.05) is 10.6 Å². The van der Waals surface area contributed by atoms with Gasteiger partial charge in [-0.2, -0.15) is 0 Å². The second kappa shape index (κ2) is 11.5. The van der Waals surface area contributed by atoms with Crippen molar-refractivity contribution in [3.63, 3.8) is 0 Å². The van der Waals surface area contributed by atoms with Gasteiger partial charge in [-0.1, -0.05) is 53.4 Å². The second-order valence-corrected chi connectivity index (χ2v) is 12.6. The Hall–Kier alpha value is -4.42. The summed E-state index contributed by atoms with van der Waals surface area (Å²) in [7, 11) is 0. The largest absolute Gasteiger partial charge is 0.361 e. The average Bonchev–Trinajstić information content (AvgIpc) is 3.81. The molecule has 10 nitrogen and oxygen atoms in total. The van der Waals surface area contributed by atoms with E-state index >= 15 is 0 Å². The number of nitrogens with one attached hydrogen (secondary N) is 4. The number of amides is 2. The molecule has 12 heteroatoms. The second-order valence-electron chi connectivity index (χ2n) is 10.6. The number of hydrogen-bond donors (Lipinski definition) is 4. The Labute approximate surface area is 249 Å². The summed E-state index contributed by atoms with van der Waals surface area (Å²) in [5, 5.41) is 28.3. The quantitative estimate of drug-likeness (QED) is 0.166. The van der Waals surface area contributed by atoms with Crippen LogP contribution in [0.1, 0.15) is 58.7 Å². The Balaban J connectivity index is 0.954. The van der Waals surface area contributed by atoms with Crippen LogP contribution in [0, 0.1) is 0 Å². The Bertz CT molecular complexity index is 1750. The van der Waals surface area contributed by atoms with Gasteiger partial charge in [-0.25, -0.2) is 0 Å². The average molecular weight is 597 g/mol. The molecular formula is C30H28N8O2S2. The van der Waals surface area contributed by atoms with Crippen LogP contribution >= 0.6 is 22.7 Å².